The lowest BCUT2D eigenvalue weighted by atomic mass is 10.1. The number of aliphatic hydroxyl groups excluding tert-OH is 1. The van der Waals surface area contributed by atoms with E-state index in [1.807, 2.05) is 55.6 Å². The summed E-state index contributed by atoms with van der Waals surface area (Å²) >= 11 is 1.57. The number of benzene rings is 3. The molecule has 0 heterocycles. The Kier molecular flexibility index (Phi) is 6.80. The number of hydrogen-bond donors (Lipinski definition) is 2. The quantitative estimate of drug-likeness (QED) is 0.530. The summed E-state index contributed by atoms with van der Waals surface area (Å²) in [6.07, 6.45) is -0.578. The maximum absolute atomic E-state index is 12.5. The zero-order chi connectivity index (χ0) is 20.8. The van der Waals surface area contributed by atoms with E-state index in [4.69, 9.17) is 4.74 Å². The minimum atomic E-state index is -0.578. The first kappa shape index (κ1) is 20.8. The van der Waals surface area contributed by atoms with Gasteiger partial charge >= 0.3 is 0 Å². The summed E-state index contributed by atoms with van der Waals surface area (Å²) in [5.41, 5.74) is 3.04. The number of anilines is 2. The van der Waals surface area contributed by atoms with Gasteiger partial charge in [0.15, 0.2) is 0 Å². The Hall–Kier alpha value is -2.96. The average molecular weight is 409 g/mol. The lowest BCUT2D eigenvalue weighted by molar-refractivity contribution is 0.102. The molecule has 0 bridgehead atoms. The maximum Gasteiger partial charge on any atom is 0.255 e. The highest BCUT2D eigenvalue weighted by Crippen LogP contribution is 2.29. The van der Waals surface area contributed by atoms with E-state index in [9.17, 15) is 9.90 Å². The third kappa shape index (κ3) is 5.53. The number of nitrogens with zero attached hydrogens (tertiary/aromatic N) is 1. The monoisotopic (exact) mass is 408 g/mol. The molecule has 0 aliphatic carbocycles. The Morgan fingerprint density at radius 1 is 1.07 bits per heavy atom. The van der Waals surface area contributed by atoms with Gasteiger partial charge in [0.25, 0.3) is 5.91 Å². The average Bonchev–Trinajstić information content (AvgIpc) is 2.74. The molecule has 0 aliphatic heterocycles. The fourth-order valence-corrected chi connectivity index (χ4v) is 3.55. The van der Waals surface area contributed by atoms with Crippen molar-refractivity contribution < 1.29 is 14.6 Å². The molecule has 6 heteroatoms. The van der Waals surface area contributed by atoms with Crippen LogP contribution in [0.4, 0.5) is 11.4 Å². The van der Waals surface area contributed by atoms with Gasteiger partial charge in [0.05, 0.1) is 13.2 Å². The molecule has 0 aliphatic rings. The van der Waals surface area contributed by atoms with Crippen LogP contribution < -0.4 is 14.4 Å². The topological polar surface area (TPSA) is 61.8 Å². The van der Waals surface area contributed by atoms with Gasteiger partial charge in [-0.05, 0) is 85.1 Å². The van der Waals surface area contributed by atoms with Crippen LogP contribution in [0.5, 0.6) is 5.75 Å². The van der Waals surface area contributed by atoms with Crippen molar-refractivity contribution in [3.63, 3.8) is 0 Å². The van der Waals surface area contributed by atoms with Gasteiger partial charge in [0.1, 0.15) is 5.75 Å². The molecule has 0 saturated heterocycles. The lowest BCUT2D eigenvalue weighted by Gasteiger charge is -2.18. The van der Waals surface area contributed by atoms with Crippen LogP contribution in [0.3, 0.4) is 0 Å². The Bertz CT molecular complexity index is 957. The van der Waals surface area contributed by atoms with Crippen LogP contribution in [-0.4, -0.2) is 25.2 Å². The molecule has 5 nitrogen and oxygen atoms in total. The van der Waals surface area contributed by atoms with Gasteiger partial charge in [-0.15, -0.1) is 0 Å². The third-order valence-electron chi connectivity index (χ3n) is 4.42. The Morgan fingerprint density at radius 2 is 1.76 bits per heavy atom. The van der Waals surface area contributed by atoms with E-state index in [0.717, 1.165) is 21.9 Å². The molecule has 1 unspecified atom stereocenters. The molecule has 3 rings (SSSR count). The van der Waals surface area contributed by atoms with Crippen LogP contribution in [0.15, 0.2) is 77.7 Å². The molecule has 0 saturated carbocycles. The zero-order valence-corrected chi connectivity index (χ0v) is 17.4. The van der Waals surface area contributed by atoms with E-state index < -0.39 is 6.10 Å². The standard InChI is InChI=1S/C23H24N2O3S/c1-16(26)18-5-4-6-19(15-18)24-23(27)17-7-13-22(14-8-17)29-25(2)20-9-11-21(28-3)12-10-20/h4-16,26H,1-3H3,(H,24,27). The summed E-state index contributed by atoms with van der Waals surface area (Å²) in [6.45, 7) is 1.69. The molecule has 2 N–H and O–H groups in total. The number of carbonyl (C=O) groups excluding carboxylic acids is 1. The molecule has 0 spiro atoms. The van der Waals surface area contributed by atoms with Crippen molar-refractivity contribution in [1.29, 1.82) is 0 Å². The van der Waals surface area contributed by atoms with Gasteiger partial charge in [0, 0.05) is 28.9 Å². The number of rotatable bonds is 7. The molecule has 0 radical (unpaired) electrons. The van der Waals surface area contributed by atoms with Crippen LogP contribution in [0.25, 0.3) is 0 Å². The first-order chi connectivity index (χ1) is 14.0. The summed E-state index contributed by atoms with van der Waals surface area (Å²) in [7, 11) is 3.64. The predicted octanol–water partition coefficient (Wildman–Crippen LogP) is 5.14. The van der Waals surface area contributed by atoms with Crippen molar-refractivity contribution in [3.05, 3.63) is 83.9 Å². The van der Waals surface area contributed by atoms with Crippen LogP contribution in [-0.2, 0) is 0 Å². The number of ether oxygens (including phenoxy) is 1. The molecule has 29 heavy (non-hydrogen) atoms. The maximum atomic E-state index is 12.5. The van der Waals surface area contributed by atoms with Crippen LogP contribution in [0.1, 0.15) is 28.9 Å². The highest BCUT2D eigenvalue weighted by atomic mass is 32.2. The van der Waals surface area contributed by atoms with Crippen molar-refractivity contribution in [2.24, 2.45) is 0 Å². The van der Waals surface area contributed by atoms with Crippen LogP contribution >= 0.6 is 11.9 Å². The van der Waals surface area contributed by atoms with Gasteiger partial charge in [0.2, 0.25) is 0 Å². The Morgan fingerprint density at radius 3 is 2.38 bits per heavy atom. The second kappa shape index (κ2) is 9.49. The highest BCUT2D eigenvalue weighted by molar-refractivity contribution is 8.00. The van der Waals surface area contributed by atoms with E-state index >= 15 is 0 Å². The van der Waals surface area contributed by atoms with Gasteiger partial charge in [-0.2, -0.15) is 0 Å². The molecule has 0 aromatic heterocycles. The van der Waals surface area contributed by atoms with E-state index in [-0.39, 0.29) is 5.91 Å². The third-order valence-corrected chi connectivity index (χ3v) is 5.39. The molecule has 0 fully saturated rings. The predicted molar refractivity (Wildman–Crippen MR) is 119 cm³/mol. The number of methoxy groups -OCH3 is 1. The van der Waals surface area contributed by atoms with Crippen molar-refractivity contribution in [2.75, 3.05) is 23.8 Å². The van der Waals surface area contributed by atoms with E-state index in [1.165, 1.54) is 0 Å². The van der Waals surface area contributed by atoms with Crippen LogP contribution in [0.2, 0.25) is 0 Å². The Balaban J connectivity index is 1.63. The number of amides is 1. The second-order valence-electron chi connectivity index (χ2n) is 6.57. The highest BCUT2D eigenvalue weighted by Gasteiger charge is 2.09. The molecule has 3 aromatic rings. The van der Waals surface area contributed by atoms with Gasteiger partial charge in [-0.25, -0.2) is 0 Å². The molecular formula is C23H24N2O3S. The normalized spacial score (nSPS) is 11.6. The van der Waals surface area contributed by atoms with Gasteiger partial charge in [-0.3, -0.25) is 4.79 Å². The zero-order valence-electron chi connectivity index (χ0n) is 16.6. The van der Waals surface area contributed by atoms with E-state index in [2.05, 4.69) is 9.62 Å². The van der Waals surface area contributed by atoms with E-state index in [0.29, 0.717) is 11.3 Å². The van der Waals surface area contributed by atoms with Gasteiger partial charge < -0.3 is 19.5 Å². The van der Waals surface area contributed by atoms with Crippen molar-refractivity contribution in [3.8, 4) is 5.75 Å². The minimum absolute atomic E-state index is 0.187. The summed E-state index contributed by atoms with van der Waals surface area (Å²) < 4.78 is 7.24. The fourth-order valence-electron chi connectivity index (χ4n) is 2.75. The Labute approximate surface area is 175 Å². The van der Waals surface area contributed by atoms with Crippen molar-refractivity contribution in [2.45, 2.75) is 17.9 Å². The summed E-state index contributed by atoms with van der Waals surface area (Å²) in [6, 6.07) is 22.5. The lowest BCUT2D eigenvalue weighted by Crippen LogP contribution is -2.12. The molecule has 1 amide bonds. The molecular weight excluding hydrogens is 384 g/mol. The SMILES string of the molecule is COc1ccc(N(C)Sc2ccc(C(=O)Nc3cccc(C(C)O)c3)cc2)cc1. The minimum Gasteiger partial charge on any atom is -0.497 e. The van der Waals surface area contributed by atoms with E-state index in [1.54, 1.807) is 50.2 Å². The number of aliphatic hydroxyl groups is 1. The van der Waals surface area contributed by atoms with Crippen LogP contribution in [0, 0.1) is 0 Å². The summed E-state index contributed by atoms with van der Waals surface area (Å²) in [4.78, 5) is 13.5. The molecule has 1 atom stereocenters. The van der Waals surface area contributed by atoms with Crippen molar-refractivity contribution in [1.82, 2.24) is 0 Å². The smallest absolute Gasteiger partial charge is 0.255 e. The first-order valence-corrected chi connectivity index (χ1v) is 9.99. The molecule has 3 aromatic carbocycles. The van der Waals surface area contributed by atoms with Crippen molar-refractivity contribution >= 4 is 29.2 Å². The number of nitrogens with one attached hydrogen (secondary N) is 1. The number of carbonyl (C=O) groups is 1. The van der Waals surface area contributed by atoms with Gasteiger partial charge in [-0.1, -0.05) is 12.1 Å². The first-order valence-electron chi connectivity index (χ1n) is 9.21. The number of hydrogen-bond acceptors (Lipinski definition) is 5. The largest absolute Gasteiger partial charge is 0.497 e. The second-order valence-corrected chi connectivity index (χ2v) is 7.77. The molecule has 150 valence electrons. The fraction of sp³-hybridized carbons (Fsp3) is 0.174. The summed E-state index contributed by atoms with van der Waals surface area (Å²) in [5.74, 6) is 0.634. The summed E-state index contributed by atoms with van der Waals surface area (Å²) in [5, 5.41) is 12.6.